The van der Waals surface area contributed by atoms with Gasteiger partial charge in [0.05, 0.1) is 6.61 Å². The van der Waals surface area contributed by atoms with Gasteiger partial charge in [-0.25, -0.2) is 0 Å². The van der Waals surface area contributed by atoms with Crippen LogP contribution in [0.1, 0.15) is 39.5 Å². The first kappa shape index (κ1) is 13.9. The second-order valence-electron chi connectivity index (χ2n) is 5.55. The van der Waals surface area contributed by atoms with Crippen LogP contribution >= 0.6 is 0 Å². The van der Waals surface area contributed by atoms with Crippen LogP contribution in [-0.2, 0) is 0 Å². The smallest absolute Gasteiger partial charge is 0.0585 e. The van der Waals surface area contributed by atoms with E-state index in [1.165, 1.54) is 25.8 Å². The number of aliphatic hydroxyl groups excluding tert-OH is 1. The monoisotopic (exact) mass is 228 g/mol. The molecular weight excluding hydrogens is 200 g/mol. The fourth-order valence-electron chi connectivity index (χ4n) is 2.28. The molecule has 0 aliphatic heterocycles. The second kappa shape index (κ2) is 7.25. The Balaban J connectivity index is 2.10. The average molecular weight is 228 g/mol. The van der Waals surface area contributed by atoms with E-state index < -0.39 is 0 Å². The number of aliphatic hydroxyl groups is 1. The van der Waals surface area contributed by atoms with Gasteiger partial charge in [0.1, 0.15) is 0 Å². The molecule has 1 saturated carbocycles. The zero-order valence-electron chi connectivity index (χ0n) is 11.1. The minimum absolute atomic E-state index is 0.245. The molecule has 0 spiro atoms. The van der Waals surface area contributed by atoms with E-state index in [1.807, 2.05) is 0 Å². The van der Waals surface area contributed by atoms with Gasteiger partial charge in [0.15, 0.2) is 0 Å². The molecule has 1 aliphatic rings. The zero-order valence-corrected chi connectivity index (χ0v) is 11.1. The summed E-state index contributed by atoms with van der Waals surface area (Å²) in [4.78, 5) is 2.41. The third-order valence-corrected chi connectivity index (χ3v) is 3.44. The fourth-order valence-corrected chi connectivity index (χ4v) is 2.28. The van der Waals surface area contributed by atoms with Crippen molar-refractivity contribution in [3.8, 4) is 0 Å². The van der Waals surface area contributed by atoms with Crippen LogP contribution in [0.15, 0.2) is 0 Å². The summed E-state index contributed by atoms with van der Waals surface area (Å²) in [5.74, 6) is 0.940. The first-order valence-corrected chi connectivity index (χ1v) is 6.67. The van der Waals surface area contributed by atoms with Gasteiger partial charge in [0, 0.05) is 18.6 Å². The molecule has 1 fully saturated rings. The van der Waals surface area contributed by atoms with Gasteiger partial charge in [0.2, 0.25) is 0 Å². The van der Waals surface area contributed by atoms with Crippen LogP contribution < -0.4 is 5.32 Å². The Hall–Kier alpha value is -0.120. The Morgan fingerprint density at radius 2 is 2.06 bits per heavy atom. The molecule has 0 amide bonds. The van der Waals surface area contributed by atoms with Crippen molar-refractivity contribution in [1.82, 2.24) is 10.2 Å². The lowest BCUT2D eigenvalue weighted by Gasteiger charge is -2.31. The number of hydrogen-bond donors (Lipinski definition) is 2. The van der Waals surface area contributed by atoms with E-state index in [0.717, 1.165) is 18.9 Å². The maximum atomic E-state index is 9.25. The van der Waals surface area contributed by atoms with Crippen LogP contribution in [0.2, 0.25) is 0 Å². The van der Waals surface area contributed by atoms with Crippen molar-refractivity contribution in [1.29, 1.82) is 0 Å². The summed E-state index contributed by atoms with van der Waals surface area (Å²) in [5.41, 5.74) is 0. The van der Waals surface area contributed by atoms with Gasteiger partial charge in [-0.1, -0.05) is 20.3 Å². The third kappa shape index (κ3) is 5.28. The van der Waals surface area contributed by atoms with E-state index >= 15 is 0 Å². The number of hydrogen-bond acceptors (Lipinski definition) is 3. The topological polar surface area (TPSA) is 35.5 Å². The highest BCUT2D eigenvalue weighted by molar-refractivity contribution is 4.74. The lowest BCUT2D eigenvalue weighted by atomic mass is 9.85. The lowest BCUT2D eigenvalue weighted by Crippen LogP contribution is -2.40. The van der Waals surface area contributed by atoms with Crippen LogP contribution in [0.5, 0.6) is 0 Å². The first-order valence-electron chi connectivity index (χ1n) is 6.67. The molecule has 96 valence electrons. The maximum absolute atomic E-state index is 9.25. The molecule has 0 radical (unpaired) electrons. The summed E-state index contributed by atoms with van der Waals surface area (Å²) in [5, 5.41) is 12.6. The molecule has 0 saturated heterocycles. The first-order chi connectivity index (χ1) is 7.61. The van der Waals surface area contributed by atoms with Gasteiger partial charge in [-0.3, -0.25) is 0 Å². The zero-order chi connectivity index (χ0) is 12.0. The highest BCUT2D eigenvalue weighted by Gasteiger charge is 2.19. The van der Waals surface area contributed by atoms with Crippen molar-refractivity contribution >= 4 is 0 Å². The van der Waals surface area contributed by atoms with Gasteiger partial charge in [-0.2, -0.15) is 0 Å². The molecule has 3 nitrogen and oxygen atoms in total. The predicted molar refractivity (Wildman–Crippen MR) is 68.6 cm³/mol. The Labute approximate surface area is 100 Å². The standard InChI is InChI=1S/C13H28N2O/c1-11(2)14-13(10-16)7-8-15(3)9-12-5-4-6-12/h11-14,16H,4-10H2,1-3H3. The molecule has 1 aliphatic carbocycles. The highest BCUT2D eigenvalue weighted by atomic mass is 16.3. The van der Waals surface area contributed by atoms with Gasteiger partial charge in [-0.15, -0.1) is 0 Å². The number of nitrogens with zero attached hydrogens (tertiary/aromatic N) is 1. The van der Waals surface area contributed by atoms with Crippen molar-refractivity contribution in [2.75, 3.05) is 26.7 Å². The molecule has 0 aromatic heterocycles. The van der Waals surface area contributed by atoms with E-state index in [-0.39, 0.29) is 12.6 Å². The molecule has 0 heterocycles. The van der Waals surface area contributed by atoms with Gasteiger partial charge >= 0.3 is 0 Å². The van der Waals surface area contributed by atoms with E-state index in [0.29, 0.717) is 6.04 Å². The fraction of sp³-hybridized carbons (Fsp3) is 1.00. The van der Waals surface area contributed by atoms with E-state index in [9.17, 15) is 5.11 Å². The van der Waals surface area contributed by atoms with Crippen LogP contribution in [0, 0.1) is 5.92 Å². The van der Waals surface area contributed by atoms with Crippen molar-refractivity contribution in [3.63, 3.8) is 0 Å². The van der Waals surface area contributed by atoms with Gasteiger partial charge in [-0.05, 0) is 38.8 Å². The minimum atomic E-state index is 0.245. The summed E-state index contributed by atoms with van der Waals surface area (Å²) in [6, 6.07) is 0.706. The quantitative estimate of drug-likeness (QED) is 0.660. The van der Waals surface area contributed by atoms with E-state index in [1.54, 1.807) is 0 Å². The maximum Gasteiger partial charge on any atom is 0.0585 e. The molecule has 0 bridgehead atoms. The molecular formula is C13H28N2O. The molecule has 1 atom stereocenters. The normalized spacial score (nSPS) is 19.1. The molecule has 0 aromatic rings. The number of rotatable bonds is 8. The van der Waals surface area contributed by atoms with Gasteiger partial charge in [0.25, 0.3) is 0 Å². The summed E-state index contributed by atoms with van der Waals surface area (Å²) in [6.45, 7) is 6.82. The summed E-state index contributed by atoms with van der Waals surface area (Å²) in [6.07, 6.45) is 5.29. The Morgan fingerprint density at radius 1 is 1.38 bits per heavy atom. The Morgan fingerprint density at radius 3 is 2.50 bits per heavy atom. The predicted octanol–water partition coefficient (Wildman–Crippen LogP) is 1.47. The molecule has 16 heavy (non-hydrogen) atoms. The SMILES string of the molecule is CC(C)NC(CO)CCN(C)CC1CCC1. The Kier molecular flexibility index (Phi) is 6.32. The van der Waals surface area contributed by atoms with Gasteiger partial charge < -0.3 is 15.3 Å². The van der Waals surface area contributed by atoms with Crippen molar-refractivity contribution in [3.05, 3.63) is 0 Å². The molecule has 1 unspecified atom stereocenters. The Bertz CT molecular complexity index is 181. The second-order valence-corrected chi connectivity index (χ2v) is 5.55. The molecule has 2 N–H and O–H groups in total. The van der Waals surface area contributed by atoms with Crippen molar-refractivity contribution < 1.29 is 5.11 Å². The van der Waals surface area contributed by atoms with Crippen molar-refractivity contribution in [2.45, 2.75) is 51.6 Å². The van der Waals surface area contributed by atoms with Crippen LogP contribution in [-0.4, -0.2) is 48.8 Å². The van der Waals surface area contributed by atoms with Crippen LogP contribution in [0.4, 0.5) is 0 Å². The highest BCUT2D eigenvalue weighted by Crippen LogP contribution is 2.26. The summed E-state index contributed by atoms with van der Waals surface area (Å²) < 4.78 is 0. The lowest BCUT2D eigenvalue weighted by molar-refractivity contribution is 0.180. The van der Waals surface area contributed by atoms with E-state index in [4.69, 9.17) is 0 Å². The van der Waals surface area contributed by atoms with Crippen LogP contribution in [0.25, 0.3) is 0 Å². The minimum Gasteiger partial charge on any atom is -0.395 e. The number of nitrogens with one attached hydrogen (secondary N) is 1. The van der Waals surface area contributed by atoms with E-state index in [2.05, 4.69) is 31.1 Å². The third-order valence-electron chi connectivity index (χ3n) is 3.44. The van der Waals surface area contributed by atoms with Crippen molar-refractivity contribution in [2.24, 2.45) is 5.92 Å². The summed E-state index contributed by atoms with van der Waals surface area (Å²) in [7, 11) is 2.20. The summed E-state index contributed by atoms with van der Waals surface area (Å²) >= 11 is 0. The average Bonchev–Trinajstić information content (AvgIpc) is 2.17. The van der Waals surface area contributed by atoms with Crippen LogP contribution in [0.3, 0.4) is 0 Å². The largest absolute Gasteiger partial charge is 0.395 e. The molecule has 0 aromatic carbocycles. The molecule has 3 heteroatoms. The molecule has 1 rings (SSSR count).